The number of hydrogen-bond donors (Lipinski definition) is 1. The molecule has 1 aliphatic heterocycles. The molecule has 1 unspecified atom stereocenters. The van der Waals surface area contributed by atoms with Crippen molar-refractivity contribution in [3.05, 3.63) is 81.3 Å². The van der Waals surface area contributed by atoms with Crippen molar-refractivity contribution in [1.82, 2.24) is 9.88 Å². The van der Waals surface area contributed by atoms with Crippen LogP contribution in [-0.2, 0) is 21.1 Å². The van der Waals surface area contributed by atoms with Crippen LogP contribution in [0.5, 0.6) is 0 Å². The van der Waals surface area contributed by atoms with Crippen LogP contribution in [0.15, 0.2) is 54.7 Å². The van der Waals surface area contributed by atoms with Gasteiger partial charge in [-0.2, -0.15) is 0 Å². The summed E-state index contributed by atoms with van der Waals surface area (Å²) in [5.74, 6) is -0.0939. The number of anilines is 1. The van der Waals surface area contributed by atoms with E-state index in [1.54, 1.807) is 6.20 Å². The number of halogens is 1. The molecule has 1 amide bonds. The number of thiazole rings is 1. The number of amides is 1. The highest BCUT2D eigenvalue weighted by molar-refractivity contribution is 7.91. The van der Waals surface area contributed by atoms with E-state index in [2.05, 4.69) is 10.3 Å². The predicted molar refractivity (Wildman–Crippen MR) is 129 cm³/mol. The molecule has 0 bridgehead atoms. The zero-order valence-corrected chi connectivity index (χ0v) is 20.0. The summed E-state index contributed by atoms with van der Waals surface area (Å²) in [6.45, 7) is 2.62. The van der Waals surface area contributed by atoms with E-state index >= 15 is 0 Å². The number of hydrogen-bond acceptors (Lipinski definition) is 6. The Morgan fingerprint density at radius 1 is 1.19 bits per heavy atom. The molecule has 168 valence electrons. The highest BCUT2D eigenvalue weighted by atomic mass is 35.5. The zero-order valence-electron chi connectivity index (χ0n) is 17.6. The fourth-order valence-electron chi connectivity index (χ4n) is 3.72. The third kappa shape index (κ3) is 5.56. The minimum absolute atomic E-state index is 0.0596. The molecule has 1 aliphatic rings. The van der Waals surface area contributed by atoms with E-state index in [9.17, 15) is 13.2 Å². The van der Waals surface area contributed by atoms with E-state index in [0.717, 1.165) is 26.6 Å². The van der Waals surface area contributed by atoms with Crippen LogP contribution in [0.2, 0.25) is 5.02 Å². The highest BCUT2D eigenvalue weighted by Gasteiger charge is 2.32. The van der Waals surface area contributed by atoms with Gasteiger partial charge in [-0.3, -0.25) is 9.69 Å². The summed E-state index contributed by atoms with van der Waals surface area (Å²) >= 11 is 7.65. The van der Waals surface area contributed by atoms with Gasteiger partial charge in [0, 0.05) is 35.6 Å². The van der Waals surface area contributed by atoms with Crippen molar-refractivity contribution in [3.8, 4) is 0 Å². The van der Waals surface area contributed by atoms with Crippen LogP contribution in [0.1, 0.15) is 27.6 Å². The quantitative estimate of drug-likeness (QED) is 0.563. The van der Waals surface area contributed by atoms with Gasteiger partial charge in [-0.1, -0.05) is 54.1 Å². The molecular formula is C23H24ClN3O3S2. The molecular weight excluding hydrogens is 466 g/mol. The number of nitrogens with zero attached hydrogens (tertiary/aromatic N) is 2. The minimum Gasteiger partial charge on any atom is -0.300 e. The average molecular weight is 490 g/mol. The topological polar surface area (TPSA) is 79.4 Å². The monoisotopic (exact) mass is 489 g/mol. The second kappa shape index (κ2) is 9.70. The summed E-state index contributed by atoms with van der Waals surface area (Å²) in [5.41, 5.74) is 2.94. The third-order valence-corrected chi connectivity index (χ3v) is 8.44. The molecule has 0 aliphatic carbocycles. The van der Waals surface area contributed by atoms with Gasteiger partial charge in [0.1, 0.15) is 6.04 Å². The van der Waals surface area contributed by atoms with Crippen molar-refractivity contribution in [2.75, 3.05) is 29.9 Å². The predicted octanol–water partition coefficient (Wildman–Crippen LogP) is 4.11. The van der Waals surface area contributed by atoms with Crippen LogP contribution in [0.25, 0.3) is 0 Å². The molecule has 0 radical (unpaired) electrons. The van der Waals surface area contributed by atoms with Crippen molar-refractivity contribution in [2.24, 2.45) is 0 Å². The van der Waals surface area contributed by atoms with E-state index in [1.165, 1.54) is 11.3 Å². The lowest BCUT2D eigenvalue weighted by Gasteiger charge is -2.33. The first-order chi connectivity index (χ1) is 15.3. The largest absolute Gasteiger partial charge is 0.300 e. The maximum atomic E-state index is 13.3. The van der Waals surface area contributed by atoms with E-state index < -0.39 is 15.9 Å². The maximum absolute atomic E-state index is 13.3. The summed E-state index contributed by atoms with van der Waals surface area (Å²) < 4.78 is 23.7. The molecule has 32 heavy (non-hydrogen) atoms. The van der Waals surface area contributed by atoms with Crippen molar-refractivity contribution >= 4 is 43.8 Å². The molecule has 1 atom stereocenters. The number of carbonyl (C=O) groups is 1. The fraction of sp³-hybridized carbons (Fsp3) is 0.304. The summed E-state index contributed by atoms with van der Waals surface area (Å²) in [4.78, 5) is 20.6. The molecule has 1 N–H and O–H groups in total. The lowest BCUT2D eigenvalue weighted by Crippen LogP contribution is -2.46. The molecule has 1 fully saturated rings. The number of sulfone groups is 1. The second-order valence-electron chi connectivity index (χ2n) is 7.88. The SMILES string of the molecule is Cc1ccc(Cc2cnc(NC(=O)C(c3ccccc3)N3CCS(=O)(=O)CC3)s2)cc1Cl. The summed E-state index contributed by atoms with van der Waals surface area (Å²) in [6.07, 6.45) is 2.44. The van der Waals surface area contributed by atoms with Crippen LogP contribution < -0.4 is 5.32 Å². The first-order valence-electron chi connectivity index (χ1n) is 10.3. The van der Waals surface area contributed by atoms with Crippen molar-refractivity contribution in [1.29, 1.82) is 0 Å². The Bertz CT molecular complexity index is 1200. The number of aryl methyl sites for hydroxylation is 1. The minimum atomic E-state index is -3.04. The van der Waals surface area contributed by atoms with Gasteiger partial charge in [0.15, 0.2) is 15.0 Å². The van der Waals surface area contributed by atoms with Gasteiger partial charge < -0.3 is 5.32 Å². The molecule has 1 aromatic heterocycles. The van der Waals surface area contributed by atoms with Gasteiger partial charge in [0.05, 0.1) is 11.5 Å². The third-order valence-electron chi connectivity index (χ3n) is 5.51. The van der Waals surface area contributed by atoms with Gasteiger partial charge >= 0.3 is 0 Å². The van der Waals surface area contributed by atoms with Crippen molar-refractivity contribution in [2.45, 2.75) is 19.4 Å². The van der Waals surface area contributed by atoms with Gasteiger partial charge in [0.2, 0.25) is 5.91 Å². The Morgan fingerprint density at radius 2 is 1.91 bits per heavy atom. The second-order valence-corrected chi connectivity index (χ2v) is 11.7. The Kier molecular flexibility index (Phi) is 6.95. The zero-order chi connectivity index (χ0) is 22.7. The molecule has 0 saturated carbocycles. The van der Waals surface area contributed by atoms with Crippen LogP contribution in [-0.4, -0.2) is 48.8 Å². The number of aromatic nitrogens is 1. The number of nitrogens with one attached hydrogen (secondary N) is 1. The van der Waals surface area contributed by atoms with Gasteiger partial charge in [0.25, 0.3) is 0 Å². The Morgan fingerprint density at radius 3 is 2.59 bits per heavy atom. The molecule has 0 spiro atoms. The summed E-state index contributed by atoms with van der Waals surface area (Å²) in [6, 6.07) is 14.8. The average Bonchev–Trinajstić information content (AvgIpc) is 3.19. The molecule has 2 aromatic carbocycles. The Hall–Kier alpha value is -2.26. The molecule has 1 saturated heterocycles. The fourth-order valence-corrected chi connectivity index (χ4v) is 6.00. The van der Waals surface area contributed by atoms with Crippen LogP contribution >= 0.6 is 22.9 Å². The number of carbonyl (C=O) groups excluding carboxylic acids is 1. The first kappa shape index (κ1) is 22.9. The molecule has 2 heterocycles. The van der Waals surface area contributed by atoms with Crippen LogP contribution in [0, 0.1) is 6.92 Å². The van der Waals surface area contributed by atoms with E-state index in [0.29, 0.717) is 24.6 Å². The number of rotatable bonds is 6. The first-order valence-corrected chi connectivity index (χ1v) is 13.3. The maximum Gasteiger partial charge on any atom is 0.248 e. The Labute approximate surface area is 197 Å². The molecule has 6 nitrogen and oxygen atoms in total. The van der Waals surface area contributed by atoms with Crippen molar-refractivity contribution in [3.63, 3.8) is 0 Å². The lowest BCUT2D eigenvalue weighted by atomic mass is 10.0. The summed E-state index contributed by atoms with van der Waals surface area (Å²) in [5, 5.41) is 4.19. The van der Waals surface area contributed by atoms with E-state index in [1.807, 2.05) is 60.4 Å². The van der Waals surface area contributed by atoms with Crippen LogP contribution in [0.4, 0.5) is 5.13 Å². The highest BCUT2D eigenvalue weighted by Crippen LogP contribution is 2.27. The molecule has 4 rings (SSSR count). The van der Waals surface area contributed by atoms with Crippen LogP contribution in [0.3, 0.4) is 0 Å². The van der Waals surface area contributed by atoms with Gasteiger partial charge in [-0.15, -0.1) is 11.3 Å². The molecule has 3 aromatic rings. The Balaban J connectivity index is 1.49. The van der Waals surface area contributed by atoms with Gasteiger partial charge in [-0.05, 0) is 29.7 Å². The van der Waals surface area contributed by atoms with Gasteiger partial charge in [-0.25, -0.2) is 13.4 Å². The van der Waals surface area contributed by atoms with Crippen molar-refractivity contribution < 1.29 is 13.2 Å². The smallest absolute Gasteiger partial charge is 0.248 e. The number of benzene rings is 2. The normalized spacial score (nSPS) is 17.1. The van der Waals surface area contributed by atoms with E-state index in [4.69, 9.17) is 11.6 Å². The molecule has 9 heteroatoms. The lowest BCUT2D eigenvalue weighted by molar-refractivity contribution is -0.121. The standard InChI is InChI=1S/C23H24ClN3O3S2/c1-16-7-8-17(14-20(16)24)13-19-15-25-23(31-19)26-22(28)21(18-5-3-2-4-6-18)27-9-11-32(29,30)12-10-27/h2-8,14-15,21H,9-13H2,1H3,(H,25,26,28). The van der Waals surface area contributed by atoms with E-state index in [-0.39, 0.29) is 17.4 Å². The summed E-state index contributed by atoms with van der Waals surface area (Å²) in [7, 11) is -3.04.